The largest absolute Gasteiger partial charge is 0.302 e. The fraction of sp³-hybridized carbons (Fsp3) is 0.444. The lowest BCUT2D eigenvalue weighted by atomic mass is 9.90. The highest BCUT2D eigenvalue weighted by molar-refractivity contribution is 7.14. The third-order valence-electron chi connectivity index (χ3n) is 8.85. The molecule has 2 aromatic heterocycles. The molecule has 0 fully saturated rings. The third-order valence-corrected chi connectivity index (χ3v) is 10.4. The van der Waals surface area contributed by atoms with Gasteiger partial charge in [-0.25, -0.2) is 9.97 Å². The molecule has 0 saturated carbocycles. The molecule has 2 N–H and O–H groups in total. The molecule has 6 rings (SSSR count). The van der Waals surface area contributed by atoms with E-state index in [1.165, 1.54) is 83.5 Å². The van der Waals surface area contributed by atoms with E-state index in [9.17, 15) is 9.59 Å². The second-order valence-corrected chi connectivity index (χ2v) is 13.9. The van der Waals surface area contributed by atoms with Gasteiger partial charge in [-0.15, -0.1) is 22.7 Å². The number of carbonyl (C=O) groups is 2. The molecule has 2 aliphatic rings. The number of thiazole rings is 2. The number of aromatic nitrogens is 2. The summed E-state index contributed by atoms with van der Waals surface area (Å²) in [5, 5.41) is 11.4. The first-order valence-corrected chi connectivity index (χ1v) is 18.1. The van der Waals surface area contributed by atoms with Gasteiger partial charge in [-0.1, -0.05) is 49.9 Å². The Hall–Kier alpha value is -3.36. The van der Waals surface area contributed by atoms with Crippen LogP contribution in [-0.2, 0) is 35.3 Å². The maximum absolute atomic E-state index is 12.5. The van der Waals surface area contributed by atoms with Gasteiger partial charge in [0.25, 0.3) is 0 Å². The SMILES string of the molecule is O=C(CCCCCCCCC(=O)Nc1nc(-c2ccc3c(c2)CCCC3)cs1)Nc1nc(-c2ccc3c(c2)CCCC3)cs1. The third kappa shape index (κ3) is 8.21. The molecule has 8 heteroatoms. The number of rotatable bonds is 13. The van der Waals surface area contributed by atoms with Crippen molar-refractivity contribution in [1.29, 1.82) is 0 Å². The summed E-state index contributed by atoms with van der Waals surface area (Å²) in [5.74, 6) is 0.0648. The van der Waals surface area contributed by atoms with Gasteiger partial charge in [0.1, 0.15) is 0 Å². The van der Waals surface area contributed by atoms with Crippen LogP contribution in [0.2, 0.25) is 0 Å². The predicted octanol–water partition coefficient (Wildman–Crippen LogP) is 9.39. The van der Waals surface area contributed by atoms with Crippen molar-refractivity contribution in [2.24, 2.45) is 0 Å². The predicted molar refractivity (Wildman–Crippen MR) is 183 cm³/mol. The molecule has 0 unspecified atom stereocenters. The van der Waals surface area contributed by atoms with Crippen LogP contribution in [0.25, 0.3) is 22.5 Å². The molecule has 0 bridgehead atoms. The van der Waals surface area contributed by atoms with Gasteiger partial charge in [-0.3, -0.25) is 9.59 Å². The number of benzene rings is 2. The van der Waals surface area contributed by atoms with Gasteiger partial charge < -0.3 is 10.6 Å². The number of fused-ring (bicyclic) bond motifs is 2. The second-order valence-electron chi connectivity index (χ2n) is 12.2. The number of amides is 2. The summed E-state index contributed by atoms with van der Waals surface area (Å²) in [6.07, 6.45) is 16.7. The van der Waals surface area contributed by atoms with Crippen molar-refractivity contribution in [3.63, 3.8) is 0 Å². The number of carbonyl (C=O) groups excluding carboxylic acids is 2. The normalized spacial score (nSPS) is 14.1. The molecule has 4 aromatic rings. The Balaban J connectivity index is 0.827. The van der Waals surface area contributed by atoms with Crippen LogP contribution < -0.4 is 10.6 Å². The van der Waals surface area contributed by atoms with E-state index in [1.54, 1.807) is 0 Å². The minimum Gasteiger partial charge on any atom is -0.302 e. The number of hydrogen-bond donors (Lipinski definition) is 2. The van der Waals surface area contributed by atoms with E-state index in [-0.39, 0.29) is 11.8 Å². The lowest BCUT2D eigenvalue weighted by Gasteiger charge is -2.16. The van der Waals surface area contributed by atoms with E-state index in [0.717, 1.165) is 73.9 Å². The fourth-order valence-corrected chi connectivity index (χ4v) is 7.83. The van der Waals surface area contributed by atoms with Crippen molar-refractivity contribution >= 4 is 44.8 Å². The lowest BCUT2D eigenvalue weighted by Crippen LogP contribution is -2.11. The minimum atomic E-state index is 0.0324. The fourth-order valence-electron chi connectivity index (χ4n) is 6.35. The first-order valence-electron chi connectivity index (χ1n) is 16.4. The summed E-state index contributed by atoms with van der Waals surface area (Å²) < 4.78 is 0. The van der Waals surface area contributed by atoms with Gasteiger partial charge in [-0.05, 0) is 98.6 Å². The van der Waals surface area contributed by atoms with Crippen LogP contribution in [0, 0.1) is 0 Å². The van der Waals surface area contributed by atoms with Crippen LogP contribution in [0.5, 0.6) is 0 Å². The van der Waals surface area contributed by atoms with Gasteiger partial charge in [0.15, 0.2) is 10.3 Å². The Morgan fingerprint density at radius 3 is 1.43 bits per heavy atom. The molecule has 44 heavy (non-hydrogen) atoms. The van der Waals surface area contributed by atoms with Crippen molar-refractivity contribution in [2.75, 3.05) is 10.6 Å². The van der Waals surface area contributed by atoms with Crippen LogP contribution >= 0.6 is 22.7 Å². The second kappa shape index (κ2) is 15.1. The van der Waals surface area contributed by atoms with Crippen LogP contribution in [0.3, 0.4) is 0 Å². The molecule has 2 aromatic carbocycles. The van der Waals surface area contributed by atoms with Crippen LogP contribution in [-0.4, -0.2) is 21.8 Å². The number of anilines is 2. The number of nitrogens with one attached hydrogen (secondary N) is 2. The molecule has 0 saturated heterocycles. The van der Waals surface area contributed by atoms with Crippen LogP contribution in [0.1, 0.15) is 99.3 Å². The Morgan fingerprint density at radius 2 is 0.977 bits per heavy atom. The average molecular weight is 627 g/mol. The topological polar surface area (TPSA) is 84.0 Å². The molecule has 0 radical (unpaired) electrons. The Bertz CT molecular complexity index is 1470. The van der Waals surface area contributed by atoms with E-state index in [2.05, 4.69) is 57.0 Å². The zero-order chi connectivity index (χ0) is 30.1. The van der Waals surface area contributed by atoms with Crippen LogP contribution in [0.4, 0.5) is 10.3 Å². The maximum Gasteiger partial charge on any atom is 0.226 e. The van der Waals surface area contributed by atoms with Crippen molar-refractivity contribution in [3.05, 3.63) is 69.4 Å². The van der Waals surface area contributed by atoms with Gasteiger partial charge in [0.2, 0.25) is 11.8 Å². The Morgan fingerprint density at radius 1 is 0.568 bits per heavy atom. The summed E-state index contributed by atoms with van der Waals surface area (Å²) in [4.78, 5) is 34.2. The van der Waals surface area contributed by atoms with Crippen LogP contribution in [0.15, 0.2) is 47.2 Å². The molecular weight excluding hydrogens is 585 g/mol. The highest BCUT2D eigenvalue weighted by atomic mass is 32.1. The first kappa shape index (κ1) is 30.7. The molecular formula is C36H42N4O2S2. The lowest BCUT2D eigenvalue weighted by molar-refractivity contribution is -0.117. The van der Waals surface area contributed by atoms with E-state index in [1.807, 2.05) is 10.8 Å². The molecule has 2 heterocycles. The standard InChI is InChI=1S/C36H42N4O2S2/c41-33(39-35-37-31(23-43-35)29-19-17-25-11-7-9-13-27(25)21-29)15-5-3-1-2-4-6-16-34(42)40-36-38-32(24-44-36)30-20-18-26-12-8-10-14-28(26)22-30/h17-24H,1-16H2,(H,37,39,41)(H,38,40,42). The quantitative estimate of drug-likeness (QED) is 0.145. The molecule has 0 spiro atoms. The average Bonchev–Trinajstić information content (AvgIpc) is 3.72. The molecule has 230 valence electrons. The summed E-state index contributed by atoms with van der Waals surface area (Å²) in [5.41, 5.74) is 9.98. The monoisotopic (exact) mass is 626 g/mol. The summed E-state index contributed by atoms with van der Waals surface area (Å²) in [7, 11) is 0. The molecule has 0 aliphatic heterocycles. The van der Waals surface area contributed by atoms with E-state index in [4.69, 9.17) is 0 Å². The van der Waals surface area contributed by atoms with Gasteiger partial charge in [0.05, 0.1) is 11.4 Å². The van der Waals surface area contributed by atoms with Gasteiger partial charge in [0, 0.05) is 34.7 Å². The van der Waals surface area contributed by atoms with E-state index < -0.39 is 0 Å². The summed E-state index contributed by atoms with van der Waals surface area (Å²) >= 11 is 2.98. The van der Waals surface area contributed by atoms with Crippen molar-refractivity contribution in [3.8, 4) is 22.5 Å². The molecule has 6 nitrogen and oxygen atoms in total. The Labute approximate surface area is 268 Å². The van der Waals surface area contributed by atoms with Crippen molar-refractivity contribution in [1.82, 2.24) is 9.97 Å². The zero-order valence-corrected chi connectivity index (χ0v) is 27.1. The number of nitrogens with zero attached hydrogens (tertiary/aromatic N) is 2. The smallest absolute Gasteiger partial charge is 0.226 e. The maximum atomic E-state index is 12.5. The summed E-state index contributed by atoms with van der Waals surface area (Å²) in [6.45, 7) is 0. The minimum absolute atomic E-state index is 0.0324. The summed E-state index contributed by atoms with van der Waals surface area (Å²) in [6, 6.07) is 13.3. The van der Waals surface area contributed by atoms with Crippen molar-refractivity contribution in [2.45, 2.75) is 103 Å². The molecule has 2 aliphatic carbocycles. The zero-order valence-electron chi connectivity index (χ0n) is 25.5. The number of aryl methyl sites for hydroxylation is 4. The molecule has 0 atom stereocenters. The van der Waals surface area contributed by atoms with E-state index in [0.29, 0.717) is 23.1 Å². The van der Waals surface area contributed by atoms with Gasteiger partial charge in [-0.2, -0.15) is 0 Å². The Kier molecular flexibility index (Phi) is 10.5. The highest BCUT2D eigenvalue weighted by Crippen LogP contribution is 2.31. The molecule has 2 amide bonds. The first-order chi connectivity index (χ1) is 21.6. The van der Waals surface area contributed by atoms with Crippen molar-refractivity contribution < 1.29 is 9.59 Å². The van der Waals surface area contributed by atoms with Gasteiger partial charge >= 0.3 is 0 Å². The highest BCUT2D eigenvalue weighted by Gasteiger charge is 2.14. The van der Waals surface area contributed by atoms with E-state index >= 15 is 0 Å². The number of hydrogen-bond acceptors (Lipinski definition) is 6. The number of unbranched alkanes of at least 4 members (excludes halogenated alkanes) is 5.